The maximum atomic E-state index is 14.0. The number of rotatable bonds is 7. The van der Waals surface area contributed by atoms with E-state index in [4.69, 9.17) is 21.1 Å². The van der Waals surface area contributed by atoms with E-state index in [1.54, 1.807) is 18.4 Å². The van der Waals surface area contributed by atoms with Gasteiger partial charge in [-0.1, -0.05) is 80.8 Å². The molecule has 41 heavy (non-hydrogen) atoms. The average molecular weight is 764 g/mol. The van der Waals surface area contributed by atoms with Crippen molar-refractivity contribution in [2.45, 2.75) is 33.4 Å². The van der Waals surface area contributed by atoms with Crippen molar-refractivity contribution in [2.24, 2.45) is 4.99 Å². The maximum absolute atomic E-state index is 14.0. The van der Waals surface area contributed by atoms with Crippen LogP contribution in [0.2, 0.25) is 5.02 Å². The SMILES string of the molecule is CCOC(=O)C1=C(C)N=c2s/c(=C\c3cc(Br)cc(I)c3OCc3ccc(Cl)cc3)c(=O)n2[C@@H]1c1ccc(C)cc1. The van der Waals surface area contributed by atoms with Crippen LogP contribution in [0.3, 0.4) is 0 Å². The Balaban J connectivity index is 1.64. The average Bonchev–Trinajstić information content (AvgIpc) is 3.23. The summed E-state index contributed by atoms with van der Waals surface area (Å²) < 4.78 is 15.5. The molecule has 6 nitrogen and oxygen atoms in total. The number of hydrogen-bond donors (Lipinski definition) is 0. The second-order valence-electron chi connectivity index (χ2n) is 9.43. The van der Waals surface area contributed by atoms with Crippen molar-refractivity contribution in [3.05, 3.63) is 127 Å². The van der Waals surface area contributed by atoms with Gasteiger partial charge >= 0.3 is 5.97 Å². The number of ether oxygens (including phenoxy) is 2. The minimum Gasteiger partial charge on any atom is -0.487 e. The molecule has 210 valence electrons. The number of thiazole rings is 1. The largest absolute Gasteiger partial charge is 0.487 e. The number of hydrogen-bond acceptors (Lipinski definition) is 6. The molecule has 0 saturated heterocycles. The van der Waals surface area contributed by atoms with Crippen molar-refractivity contribution in [1.29, 1.82) is 0 Å². The van der Waals surface area contributed by atoms with E-state index in [0.29, 0.717) is 38.0 Å². The summed E-state index contributed by atoms with van der Waals surface area (Å²) in [4.78, 5) is 32.3. The van der Waals surface area contributed by atoms with Gasteiger partial charge in [0, 0.05) is 15.1 Å². The predicted molar refractivity (Wildman–Crippen MR) is 174 cm³/mol. The van der Waals surface area contributed by atoms with E-state index in [9.17, 15) is 9.59 Å². The van der Waals surface area contributed by atoms with Crippen LogP contribution in [0, 0.1) is 10.5 Å². The van der Waals surface area contributed by atoms with Crippen molar-refractivity contribution in [3.8, 4) is 5.75 Å². The van der Waals surface area contributed by atoms with Crippen LogP contribution in [-0.4, -0.2) is 17.1 Å². The number of nitrogens with zero attached hydrogens (tertiary/aromatic N) is 2. The second-order valence-corrected chi connectivity index (χ2v) is 13.0. The van der Waals surface area contributed by atoms with E-state index in [-0.39, 0.29) is 12.2 Å². The molecular weight excluding hydrogens is 739 g/mol. The van der Waals surface area contributed by atoms with Gasteiger partial charge in [-0.15, -0.1) is 0 Å². The number of aryl methyl sites for hydroxylation is 1. The molecule has 0 unspecified atom stereocenters. The number of benzene rings is 3. The number of carbonyl (C=O) groups excluding carboxylic acids is 1. The number of fused-ring (bicyclic) bond motifs is 1. The molecule has 5 rings (SSSR count). The third-order valence-electron chi connectivity index (χ3n) is 6.53. The quantitative estimate of drug-likeness (QED) is 0.155. The fraction of sp³-hybridized carbons (Fsp3) is 0.194. The topological polar surface area (TPSA) is 69.9 Å². The molecule has 0 saturated carbocycles. The first-order chi connectivity index (χ1) is 19.7. The molecule has 0 bridgehead atoms. The van der Waals surface area contributed by atoms with Gasteiger partial charge in [0.2, 0.25) is 0 Å². The van der Waals surface area contributed by atoms with E-state index < -0.39 is 12.0 Å². The highest BCUT2D eigenvalue weighted by Crippen LogP contribution is 2.33. The Labute approximate surface area is 268 Å². The Kier molecular flexibility index (Phi) is 9.18. The maximum Gasteiger partial charge on any atom is 0.338 e. The molecule has 4 aromatic rings. The Bertz CT molecular complexity index is 1850. The van der Waals surface area contributed by atoms with Crippen LogP contribution in [0.5, 0.6) is 5.75 Å². The Hall–Kier alpha value is -2.73. The van der Waals surface area contributed by atoms with Crippen LogP contribution in [0.25, 0.3) is 6.08 Å². The van der Waals surface area contributed by atoms with Gasteiger partial charge in [0.25, 0.3) is 5.56 Å². The smallest absolute Gasteiger partial charge is 0.338 e. The standard InChI is InChI=1S/C31H25BrClIN2O4S/c1-4-39-30(38)26-18(3)35-31-36(27(26)20-9-5-17(2)6-10-20)29(37)25(41-31)14-21-13-22(32)15-24(34)28(21)40-16-19-7-11-23(33)12-8-19/h5-15,27H,4,16H2,1-3H3/b25-14-/t27-/m1/s1. The summed E-state index contributed by atoms with van der Waals surface area (Å²) in [5, 5.41) is 0.660. The molecule has 0 aliphatic carbocycles. The second kappa shape index (κ2) is 12.6. The molecule has 0 radical (unpaired) electrons. The van der Waals surface area contributed by atoms with Gasteiger partial charge in [-0.3, -0.25) is 9.36 Å². The molecule has 0 fully saturated rings. The van der Waals surface area contributed by atoms with Crippen LogP contribution < -0.4 is 19.6 Å². The summed E-state index contributed by atoms with van der Waals surface area (Å²) >= 11 is 13.1. The molecule has 1 aliphatic heterocycles. The first-order valence-corrected chi connectivity index (χ1v) is 15.9. The minimum absolute atomic E-state index is 0.223. The summed E-state index contributed by atoms with van der Waals surface area (Å²) in [6.45, 7) is 6.10. The van der Waals surface area contributed by atoms with Gasteiger partial charge in [0.1, 0.15) is 12.4 Å². The van der Waals surface area contributed by atoms with Crippen LogP contribution in [0.15, 0.2) is 86.2 Å². The fourth-order valence-corrected chi connectivity index (χ4v) is 7.44. The molecule has 2 heterocycles. The number of carbonyl (C=O) groups is 1. The molecule has 0 spiro atoms. The van der Waals surface area contributed by atoms with Crippen LogP contribution in [0.4, 0.5) is 0 Å². The molecule has 0 amide bonds. The monoisotopic (exact) mass is 762 g/mol. The van der Waals surface area contributed by atoms with Gasteiger partial charge in [-0.2, -0.15) is 0 Å². The Morgan fingerprint density at radius 1 is 1.15 bits per heavy atom. The predicted octanol–water partition coefficient (Wildman–Crippen LogP) is 6.71. The van der Waals surface area contributed by atoms with Crippen molar-refractivity contribution >= 4 is 73.5 Å². The lowest BCUT2D eigenvalue weighted by Crippen LogP contribution is -2.39. The van der Waals surface area contributed by atoms with Gasteiger partial charge in [0.05, 0.1) is 32.0 Å². The molecule has 1 aromatic heterocycles. The van der Waals surface area contributed by atoms with Crippen molar-refractivity contribution in [3.63, 3.8) is 0 Å². The van der Waals surface area contributed by atoms with Crippen LogP contribution >= 0.6 is 61.5 Å². The van der Waals surface area contributed by atoms with Crippen molar-refractivity contribution in [1.82, 2.24) is 4.57 Å². The van der Waals surface area contributed by atoms with E-state index in [2.05, 4.69) is 43.5 Å². The normalized spacial score (nSPS) is 15.0. The third kappa shape index (κ3) is 6.38. The molecule has 3 aromatic carbocycles. The molecule has 1 aliphatic rings. The lowest BCUT2D eigenvalue weighted by Gasteiger charge is -2.24. The highest BCUT2D eigenvalue weighted by molar-refractivity contribution is 14.1. The molecule has 10 heteroatoms. The molecule has 0 N–H and O–H groups in total. The van der Waals surface area contributed by atoms with Crippen LogP contribution in [-0.2, 0) is 16.1 Å². The van der Waals surface area contributed by atoms with E-state index in [1.807, 2.05) is 73.7 Å². The Morgan fingerprint density at radius 3 is 2.54 bits per heavy atom. The zero-order chi connectivity index (χ0) is 29.3. The number of aromatic nitrogens is 1. The number of esters is 1. The third-order valence-corrected chi connectivity index (χ3v) is 9.02. The van der Waals surface area contributed by atoms with Crippen molar-refractivity contribution < 1.29 is 14.3 Å². The summed E-state index contributed by atoms with van der Waals surface area (Å²) in [6, 6.07) is 18.5. The van der Waals surface area contributed by atoms with Gasteiger partial charge in [-0.25, -0.2) is 9.79 Å². The van der Waals surface area contributed by atoms with Gasteiger partial charge < -0.3 is 9.47 Å². The first kappa shape index (κ1) is 29.8. The summed E-state index contributed by atoms with van der Waals surface area (Å²) in [6.07, 6.45) is 1.82. The minimum atomic E-state index is -0.656. The first-order valence-electron chi connectivity index (χ1n) is 12.8. The van der Waals surface area contributed by atoms with Crippen molar-refractivity contribution in [2.75, 3.05) is 6.61 Å². The number of halogens is 3. The number of allylic oxidation sites excluding steroid dienone is 1. The van der Waals surface area contributed by atoms with E-state index in [1.165, 1.54) is 11.3 Å². The van der Waals surface area contributed by atoms with E-state index >= 15 is 0 Å². The summed E-state index contributed by atoms with van der Waals surface area (Å²) in [5.74, 6) is 0.182. The summed E-state index contributed by atoms with van der Waals surface area (Å²) in [5.41, 5.74) is 4.26. The molecule has 1 atom stereocenters. The molecular formula is C31H25BrClIN2O4S. The van der Waals surface area contributed by atoms with E-state index in [0.717, 1.165) is 30.3 Å². The zero-order valence-corrected chi connectivity index (χ0v) is 27.7. The highest BCUT2D eigenvalue weighted by Gasteiger charge is 2.33. The lowest BCUT2D eigenvalue weighted by atomic mass is 9.95. The Morgan fingerprint density at radius 2 is 1.85 bits per heavy atom. The lowest BCUT2D eigenvalue weighted by molar-refractivity contribution is -0.139. The zero-order valence-electron chi connectivity index (χ0n) is 22.4. The highest BCUT2D eigenvalue weighted by atomic mass is 127. The van der Waals surface area contributed by atoms with Gasteiger partial charge in [0.15, 0.2) is 4.80 Å². The summed E-state index contributed by atoms with van der Waals surface area (Å²) in [7, 11) is 0. The fourth-order valence-electron chi connectivity index (χ4n) is 4.57. The van der Waals surface area contributed by atoms with Gasteiger partial charge in [-0.05, 0) is 84.8 Å². The van der Waals surface area contributed by atoms with Crippen LogP contribution in [0.1, 0.15) is 42.1 Å².